The average molecular weight is 551 g/mol. The molecule has 2 aliphatic rings. The second-order valence-corrected chi connectivity index (χ2v) is 9.78. The molecule has 0 aromatic heterocycles. The fraction of sp³-hybridized carbons (Fsp3) is 0.345. The maximum atomic E-state index is 6.54. The van der Waals surface area contributed by atoms with Crippen LogP contribution in [0.25, 0.3) is 0 Å². The summed E-state index contributed by atoms with van der Waals surface area (Å²) in [7, 11) is 1.67. The van der Waals surface area contributed by atoms with Crippen molar-refractivity contribution in [3.8, 4) is 23.0 Å². The topological polar surface area (TPSA) is 52.5 Å². The van der Waals surface area contributed by atoms with Crippen molar-refractivity contribution in [2.24, 2.45) is 5.10 Å². The first-order valence-corrected chi connectivity index (χ1v) is 13.3. The summed E-state index contributed by atoms with van der Waals surface area (Å²) in [4.78, 5) is 0. The largest absolute Gasteiger partial charge is 0.494 e. The zero-order valence-corrected chi connectivity index (χ0v) is 22.5. The monoisotopic (exact) mass is 550 g/mol. The SMILES string of the molecule is CCCCOc1ccc([C@H]2Oc3ccc(Br)cc3[C@H]3CC(c4ccc(OCC)cc4)=NN32)cc1OC. The second-order valence-electron chi connectivity index (χ2n) is 8.87. The highest BCUT2D eigenvalue weighted by molar-refractivity contribution is 9.10. The minimum Gasteiger partial charge on any atom is -0.494 e. The summed E-state index contributed by atoms with van der Waals surface area (Å²) >= 11 is 3.63. The molecule has 0 aliphatic carbocycles. The van der Waals surface area contributed by atoms with E-state index in [2.05, 4.69) is 46.1 Å². The van der Waals surface area contributed by atoms with Crippen molar-refractivity contribution in [2.75, 3.05) is 20.3 Å². The van der Waals surface area contributed by atoms with E-state index in [0.29, 0.717) is 19.0 Å². The number of nitrogens with zero attached hydrogens (tertiary/aromatic N) is 2. The molecule has 3 aromatic carbocycles. The predicted molar refractivity (Wildman–Crippen MR) is 144 cm³/mol. The molecule has 0 saturated heterocycles. The Bertz CT molecular complexity index is 1240. The summed E-state index contributed by atoms with van der Waals surface area (Å²) in [6, 6.07) is 20.4. The third-order valence-electron chi connectivity index (χ3n) is 6.48. The van der Waals surface area contributed by atoms with Crippen molar-refractivity contribution in [1.29, 1.82) is 0 Å². The van der Waals surface area contributed by atoms with Crippen molar-refractivity contribution in [1.82, 2.24) is 5.01 Å². The number of methoxy groups -OCH3 is 1. The van der Waals surface area contributed by atoms with Crippen LogP contribution in [0.3, 0.4) is 0 Å². The standard InChI is InChI=1S/C29H31BrN2O4/c1-4-6-15-35-27-13-9-20(16-28(27)33-3)29-32-25(23-17-21(30)10-14-26(23)36-29)18-24(31-32)19-7-11-22(12-8-19)34-5-2/h7-14,16-17,25,29H,4-6,15,18H2,1-3H3/t25-,29-/m1/s1. The second kappa shape index (κ2) is 10.8. The lowest BCUT2D eigenvalue weighted by Gasteiger charge is -2.38. The van der Waals surface area contributed by atoms with Gasteiger partial charge < -0.3 is 18.9 Å². The number of hydrazone groups is 1. The Balaban J connectivity index is 1.50. The Morgan fingerprint density at radius 2 is 1.83 bits per heavy atom. The van der Waals surface area contributed by atoms with E-state index in [4.69, 9.17) is 24.0 Å². The highest BCUT2D eigenvalue weighted by Gasteiger charge is 2.41. The van der Waals surface area contributed by atoms with E-state index in [9.17, 15) is 0 Å². The molecule has 0 spiro atoms. The number of hydrogen-bond acceptors (Lipinski definition) is 6. The molecule has 6 nitrogen and oxygen atoms in total. The first-order chi connectivity index (χ1) is 17.6. The molecule has 7 heteroatoms. The van der Waals surface area contributed by atoms with Crippen molar-refractivity contribution in [2.45, 2.75) is 45.4 Å². The molecule has 3 aromatic rings. The molecule has 0 unspecified atom stereocenters. The average Bonchev–Trinajstić information content (AvgIpc) is 3.35. The molecular formula is C29H31BrN2O4. The Morgan fingerprint density at radius 3 is 2.58 bits per heavy atom. The molecule has 5 rings (SSSR count). The van der Waals surface area contributed by atoms with Crippen LogP contribution in [0.15, 0.2) is 70.2 Å². The highest BCUT2D eigenvalue weighted by Crippen LogP contribution is 2.49. The van der Waals surface area contributed by atoms with Gasteiger partial charge in [-0.3, -0.25) is 0 Å². The fourth-order valence-corrected chi connectivity index (χ4v) is 5.03. The van der Waals surface area contributed by atoms with Crippen LogP contribution in [-0.2, 0) is 0 Å². The lowest BCUT2D eigenvalue weighted by atomic mass is 9.96. The van der Waals surface area contributed by atoms with E-state index < -0.39 is 0 Å². The van der Waals surface area contributed by atoms with Gasteiger partial charge in [0.2, 0.25) is 6.23 Å². The molecule has 2 heterocycles. The van der Waals surface area contributed by atoms with Crippen LogP contribution in [0.4, 0.5) is 0 Å². The third-order valence-corrected chi connectivity index (χ3v) is 6.97. The Kier molecular flexibility index (Phi) is 7.37. The quantitative estimate of drug-likeness (QED) is 0.262. The van der Waals surface area contributed by atoms with Gasteiger partial charge in [0.15, 0.2) is 11.5 Å². The number of ether oxygens (including phenoxy) is 4. The first kappa shape index (κ1) is 24.5. The summed E-state index contributed by atoms with van der Waals surface area (Å²) < 4.78 is 24.8. The highest BCUT2D eigenvalue weighted by atomic mass is 79.9. The number of rotatable bonds is 9. The molecular weight excluding hydrogens is 520 g/mol. The van der Waals surface area contributed by atoms with Crippen LogP contribution in [0, 0.1) is 0 Å². The van der Waals surface area contributed by atoms with Crippen molar-refractivity contribution in [3.63, 3.8) is 0 Å². The van der Waals surface area contributed by atoms with Crippen molar-refractivity contribution in [3.05, 3.63) is 81.8 Å². The van der Waals surface area contributed by atoms with E-state index in [0.717, 1.165) is 63.4 Å². The molecule has 2 aliphatic heterocycles. The van der Waals surface area contributed by atoms with Crippen LogP contribution in [0.5, 0.6) is 23.0 Å². The molecule has 36 heavy (non-hydrogen) atoms. The summed E-state index contributed by atoms with van der Waals surface area (Å²) in [5.41, 5.74) is 4.19. The van der Waals surface area contributed by atoms with Gasteiger partial charge in [0.05, 0.1) is 32.1 Å². The molecule has 0 saturated carbocycles. The van der Waals surface area contributed by atoms with Gasteiger partial charge in [0, 0.05) is 22.0 Å². The lowest BCUT2D eigenvalue weighted by molar-refractivity contribution is -0.0192. The smallest absolute Gasteiger partial charge is 0.214 e. The van der Waals surface area contributed by atoms with Crippen LogP contribution >= 0.6 is 15.9 Å². The molecule has 0 bridgehead atoms. The number of hydrogen-bond donors (Lipinski definition) is 0. The molecule has 0 N–H and O–H groups in total. The van der Waals surface area contributed by atoms with Gasteiger partial charge in [-0.05, 0) is 79.6 Å². The summed E-state index contributed by atoms with van der Waals surface area (Å²) in [6.07, 6.45) is 2.48. The van der Waals surface area contributed by atoms with E-state index >= 15 is 0 Å². The zero-order chi connectivity index (χ0) is 25.1. The van der Waals surface area contributed by atoms with Gasteiger partial charge >= 0.3 is 0 Å². The minimum atomic E-state index is -0.387. The van der Waals surface area contributed by atoms with Crippen LogP contribution in [0.1, 0.15) is 62.1 Å². The van der Waals surface area contributed by atoms with Gasteiger partial charge in [-0.25, -0.2) is 5.01 Å². The summed E-state index contributed by atoms with van der Waals surface area (Å²) in [5.74, 6) is 3.17. The maximum absolute atomic E-state index is 6.54. The van der Waals surface area contributed by atoms with Gasteiger partial charge in [-0.1, -0.05) is 29.3 Å². The third kappa shape index (κ3) is 4.89. The summed E-state index contributed by atoms with van der Waals surface area (Å²) in [6.45, 7) is 5.45. The van der Waals surface area contributed by atoms with E-state index in [1.54, 1.807) is 7.11 Å². The molecule has 0 fully saturated rings. The van der Waals surface area contributed by atoms with Crippen molar-refractivity contribution >= 4 is 21.6 Å². The van der Waals surface area contributed by atoms with Gasteiger partial charge in [0.25, 0.3) is 0 Å². The summed E-state index contributed by atoms with van der Waals surface area (Å²) in [5, 5.41) is 7.15. The minimum absolute atomic E-state index is 0.0595. The number of unbranched alkanes of at least 4 members (excludes halogenated alkanes) is 1. The molecule has 0 radical (unpaired) electrons. The van der Waals surface area contributed by atoms with E-state index in [-0.39, 0.29) is 12.3 Å². The van der Waals surface area contributed by atoms with Gasteiger partial charge in [-0.2, -0.15) is 5.10 Å². The number of halogens is 1. The number of benzene rings is 3. The predicted octanol–water partition coefficient (Wildman–Crippen LogP) is 7.28. The van der Waals surface area contributed by atoms with Crippen LogP contribution < -0.4 is 18.9 Å². The zero-order valence-electron chi connectivity index (χ0n) is 20.9. The first-order valence-electron chi connectivity index (χ1n) is 12.5. The molecule has 0 amide bonds. The maximum Gasteiger partial charge on any atom is 0.214 e. The molecule has 2 atom stereocenters. The van der Waals surface area contributed by atoms with E-state index in [1.165, 1.54) is 0 Å². The van der Waals surface area contributed by atoms with Crippen LogP contribution in [-0.4, -0.2) is 31.0 Å². The molecule has 188 valence electrons. The van der Waals surface area contributed by atoms with Gasteiger partial charge in [-0.15, -0.1) is 0 Å². The Hall–Kier alpha value is -3.19. The Morgan fingerprint density at radius 1 is 1.00 bits per heavy atom. The normalized spacial score (nSPS) is 18.1. The van der Waals surface area contributed by atoms with Gasteiger partial charge in [0.1, 0.15) is 11.5 Å². The van der Waals surface area contributed by atoms with Crippen LogP contribution in [0.2, 0.25) is 0 Å². The number of fused-ring (bicyclic) bond motifs is 3. The van der Waals surface area contributed by atoms with E-state index in [1.807, 2.05) is 49.4 Å². The van der Waals surface area contributed by atoms with Crippen molar-refractivity contribution < 1.29 is 18.9 Å². The Labute approximate surface area is 220 Å². The lowest BCUT2D eigenvalue weighted by Crippen LogP contribution is -2.33. The fourth-order valence-electron chi connectivity index (χ4n) is 4.65.